The number of methoxy groups -OCH3 is 1. The first-order chi connectivity index (χ1) is 7.81. The summed E-state index contributed by atoms with van der Waals surface area (Å²) >= 11 is 0. The summed E-state index contributed by atoms with van der Waals surface area (Å²) in [5.74, 6) is 0.402. The fraction of sp³-hybridized carbons (Fsp3) is 0.455. The molecule has 2 heterocycles. The summed E-state index contributed by atoms with van der Waals surface area (Å²) in [7, 11) is 1.53. The quantitative estimate of drug-likeness (QED) is 0.764. The lowest BCUT2D eigenvalue weighted by atomic mass is 10.2. The van der Waals surface area contributed by atoms with E-state index in [1.807, 2.05) is 0 Å². The lowest BCUT2D eigenvalue weighted by molar-refractivity contribution is 0.0937. The Bertz CT molecular complexity index is 375. The largest absolute Gasteiger partial charge is 0.494 e. The molecular weight excluding hydrogens is 206 g/mol. The fourth-order valence-corrected chi connectivity index (χ4v) is 1.77. The van der Waals surface area contributed by atoms with Crippen LogP contribution in [0.3, 0.4) is 0 Å². The van der Waals surface area contributed by atoms with E-state index in [-0.39, 0.29) is 11.9 Å². The molecule has 1 aromatic rings. The summed E-state index contributed by atoms with van der Waals surface area (Å²) in [6, 6.07) is 1.88. The maximum atomic E-state index is 11.9. The van der Waals surface area contributed by atoms with Gasteiger partial charge in [-0.3, -0.25) is 9.78 Å². The second kappa shape index (κ2) is 4.94. The summed E-state index contributed by atoms with van der Waals surface area (Å²) in [6.07, 6.45) is 4.10. The van der Waals surface area contributed by atoms with Gasteiger partial charge in [-0.25, -0.2) is 0 Å². The Morgan fingerprint density at radius 2 is 2.56 bits per heavy atom. The molecule has 0 spiro atoms. The van der Waals surface area contributed by atoms with Gasteiger partial charge in [-0.05, 0) is 19.0 Å². The molecule has 0 aliphatic carbocycles. The van der Waals surface area contributed by atoms with Gasteiger partial charge in [0.15, 0.2) is 0 Å². The second-order valence-electron chi connectivity index (χ2n) is 3.74. The van der Waals surface area contributed by atoms with Gasteiger partial charge < -0.3 is 15.4 Å². The fourth-order valence-electron chi connectivity index (χ4n) is 1.77. The number of carbonyl (C=O) groups is 1. The summed E-state index contributed by atoms with van der Waals surface area (Å²) in [4.78, 5) is 15.8. The molecule has 1 fully saturated rings. The second-order valence-corrected chi connectivity index (χ2v) is 3.74. The van der Waals surface area contributed by atoms with Crippen LogP contribution in [0.5, 0.6) is 5.75 Å². The van der Waals surface area contributed by atoms with Crippen LogP contribution in [0.1, 0.15) is 16.8 Å². The topological polar surface area (TPSA) is 63.2 Å². The number of amides is 1. The molecule has 1 saturated heterocycles. The van der Waals surface area contributed by atoms with Crippen LogP contribution >= 0.6 is 0 Å². The molecule has 0 unspecified atom stereocenters. The van der Waals surface area contributed by atoms with E-state index in [4.69, 9.17) is 4.74 Å². The molecule has 16 heavy (non-hydrogen) atoms. The van der Waals surface area contributed by atoms with Crippen LogP contribution in [-0.4, -0.2) is 37.1 Å². The molecular formula is C11H15N3O2. The average Bonchev–Trinajstić information content (AvgIpc) is 2.81. The molecule has 0 bridgehead atoms. The maximum absolute atomic E-state index is 11.9. The molecule has 5 heteroatoms. The van der Waals surface area contributed by atoms with E-state index in [0.717, 1.165) is 19.5 Å². The van der Waals surface area contributed by atoms with E-state index < -0.39 is 0 Å². The van der Waals surface area contributed by atoms with Gasteiger partial charge in [-0.15, -0.1) is 0 Å². The van der Waals surface area contributed by atoms with Crippen molar-refractivity contribution in [3.8, 4) is 5.75 Å². The number of nitrogens with one attached hydrogen (secondary N) is 2. The maximum Gasteiger partial charge on any atom is 0.255 e. The Morgan fingerprint density at radius 3 is 3.25 bits per heavy atom. The highest BCUT2D eigenvalue weighted by molar-refractivity contribution is 5.96. The van der Waals surface area contributed by atoms with Gasteiger partial charge in [0, 0.05) is 18.8 Å². The molecule has 1 aliphatic rings. The number of carbonyl (C=O) groups excluding carboxylic acids is 1. The van der Waals surface area contributed by atoms with Crippen LogP contribution in [0, 0.1) is 0 Å². The van der Waals surface area contributed by atoms with E-state index in [0.29, 0.717) is 11.3 Å². The minimum absolute atomic E-state index is 0.104. The van der Waals surface area contributed by atoms with Crippen LogP contribution in [0.4, 0.5) is 0 Å². The van der Waals surface area contributed by atoms with Crippen LogP contribution in [0.2, 0.25) is 0 Å². The predicted molar refractivity (Wildman–Crippen MR) is 59.5 cm³/mol. The van der Waals surface area contributed by atoms with Gasteiger partial charge in [-0.1, -0.05) is 0 Å². The minimum atomic E-state index is -0.104. The third-order valence-electron chi connectivity index (χ3n) is 2.64. The predicted octanol–water partition coefficient (Wildman–Crippen LogP) is 0.182. The highest BCUT2D eigenvalue weighted by Crippen LogP contribution is 2.15. The number of hydrogen-bond donors (Lipinski definition) is 2. The van der Waals surface area contributed by atoms with Crippen molar-refractivity contribution in [2.24, 2.45) is 0 Å². The molecule has 0 saturated carbocycles. The van der Waals surface area contributed by atoms with Gasteiger partial charge in [0.05, 0.1) is 18.9 Å². The van der Waals surface area contributed by atoms with Gasteiger partial charge in [0.2, 0.25) is 0 Å². The van der Waals surface area contributed by atoms with Crippen molar-refractivity contribution in [1.29, 1.82) is 0 Å². The van der Waals surface area contributed by atoms with Crippen molar-refractivity contribution >= 4 is 5.91 Å². The van der Waals surface area contributed by atoms with E-state index >= 15 is 0 Å². The molecule has 1 amide bonds. The van der Waals surface area contributed by atoms with E-state index in [2.05, 4.69) is 15.6 Å². The van der Waals surface area contributed by atoms with Crippen molar-refractivity contribution < 1.29 is 9.53 Å². The Morgan fingerprint density at radius 1 is 1.69 bits per heavy atom. The first-order valence-electron chi connectivity index (χ1n) is 5.31. The molecule has 2 rings (SSSR count). The zero-order chi connectivity index (χ0) is 11.4. The summed E-state index contributed by atoms with van der Waals surface area (Å²) in [5, 5.41) is 6.16. The first kappa shape index (κ1) is 10.9. The van der Waals surface area contributed by atoms with E-state index in [1.165, 1.54) is 7.11 Å². The van der Waals surface area contributed by atoms with Crippen LogP contribution in [0.15, 0.2) is 18.5 Å². The SMILES string of the molecule is COc1cnccc1C(=O)N[C@H]1CCNC1. The van der Waals surface area contributed by atoms with Crippen molar-refractivity contribution in [2.75, 3.05) is 20.2 Å². The van der Waals surface area contributed by atoms with Gasteiger partial charge in [0.25, 0.3) is 5.91 Å². The Hall–Kier alpha value is -1.62. The number of nitrogens with zero attached hydrogens (tertiary/aromatic N) is 1. The minimum Gasteiger partial charge on any atom is -0.494 e. The van der Waals surface area contributed by atoms with Crippen LogP contribution in [0.25, 0.3) is 0 Å². The molecule has 0 aromatic carbocycles. The highest BCUT2D eigenvalue weighted by Gasteiger charge is 2.19. The lowest BCUT2D eigenvalue weighted by Crippen LogP contribution is -2.36. The monoisotopic (exact) mass is 221 g/mol. The molecule has 86 valence electrons. The number of ether oxygens (including phenoxy) is 1. The molecule has 5 nitrogen and oxygen atoms in total. The van der Waals surface area contributed by atoms with Crippen LogP contribution in [-0.2, 0) is 0 Å². The summed E-state index contributed by atoms with van der Waals surface area (Å²) in [6.45, 7) is 1.79. The summed E-state index contributed by atoms with van der Waals surface area (Å²) < 4.78 is 5.09. The van der Waals surface area contributed by atoms with Crippen molar-refractivity contribution in [3.63, 3.8) is 0 Å². The van der Waals surface area contributed by atoms with Crippen LogP contribution < -0.4 is 15.4 Å². The number of rotatable bonds is 3. The standard InChI is InChI=1S/C11H15N3O2/c1-16-10-7-13-5-3-9(10)11(15)14-8-2-4-12-6-8/h3,5,7-8,12H,2,4,6H2,1H3,(H,14,15)/t8-/m0/s1. The Balaban J connectivity index is 2.07. The van der Waals surface area contributed by atoms with Gasteiger partial charge >= 0.3 is 0 Å². The van der Waals surface area contributed by atoms with E-state index in [9.17, 15) is 4.79 Å². The van der Waals surface area contributed by atoms with E-state index in [1.54, 1.807) is 18.5 Å². The average molecular weight is 221 g/mol. The lowest BCUT2D eigenvalue weighted by Gasteiger charge is -2.12. The zero-order valence-electron chi connectivity index (χ0n) is 9.19. The van der Waals surface area contributed by atoms with Gasteiger partial charge in [0.1, 0.15) is 5.75 Å². The van der Waals surface area contributed by atoms with Crippen molar-refractivity contribution in [1.82, 2.24) is 15.6 Å². The molecule has 1 aliphatic heterocycles. The Labute approximate surface area is 94.2 Å². The number of hydrogen-bond acceptors (Lipinski definition) is 4. The number of pyridine rings is 1. The third kappa shape index (κ3) is 2.30. The smallest absolute Gasteiger partial charge is 0.255 e. The molecule has 2 N–H and O–H groups in total. The molecule has 0 radical (unpaired) electrons. The zero-order valence-corrected chi connectivity index (χ0v) is 9.19. The highest BCUT2D eigenvalue weighted by atomic mass is 16.5. The number of aromatic nitrogens is 1. The molecule has 1 aromatic heterocycles. The normalized spacial score (nSPS) is 19.4. The summed E-state index contributed by atoms with van der Waals surface area (Å²) in [5.41, 5.74) is 0.532. The Kier molecular flexibility index (Phi) is 3.36. The van der Waals surface area contributed by atoms with Crippen molar-refractivity contribution in [3.05, 3.63) is 24.0 Å². The first-order valence-corrected chi connectivity index (χ1v) is 5.31. The third-order valence-corrected chi connectivity index (χ3v) is 2.64. The van der Waals surface area contributed by atoms with Crippen molar-refractivity contribution in [2.45, 2.75) is 12.5 Å². The van der Waals surface area contributed by atoms with Gasteiger partial charge in [-0.2, -0.15) is 0 Å². The molecule has 1 atom stereocenters.